The summed E-state index contributed by atoms with van der Waals surface area (Å²) >= 11 is 0. The zero-order chi connectivity index (χ0) is 12.3. The van der Waals surface area contributed by atoms with E-state index in [2.05, 4.69) is 22.2 Å². The average molecular weight is 235 g/mol. The minimum absolute atomic E-state index is 0.0293. The lowest BCUT2D eigenvalue weighted by atomic mass is 9.67. The minimum Gasteiger partial charge on any atom is -0.477 e. The van der Waals surface area contributed by atoms with Crippen LogP contribution in [0.25, 0.3) is 0 Å². The number of carboxylic acid groups (broad SMARTS) is 1. The highest BCUT2D eigenvalue weighted by Gasteiger charge is 2.34. The number of hydrogen-bond acceptors (Lipinski definition) is 4. The summed E-state index contributed by atoms with van der Waals surface area (Å²) in [5.41, 5.74) is 0.393. The Balaban J connectivity index is 1.99. The first-order chi connectivity index (χ1) is 8.15. The molecule has 1 aromatic rings. The first-order valence-electron chi connectivity index (χ1n) is 5.95. The fourth-order valence-electron chi connectivity index (χ4n) is 2.16. The van der Waals surface area contributed by atoms with Gasteiger partial charge in [-0.2, -0.15) is 0 Å². The molecule has 0 atom stereocenters. The van der Waals surface area contributed by atoms with Crippen LogP contribution in [0.3, 0.4) is 0 Å². The van der Waals surface area contributed by atoms with Gasteiger partial charge in [0, 0.05) is 12.7 Å². The number of rotatable bonds is 5. The van der Waals surface area contributed by atoms with Crippen molar-refractivity contribution < 1.29 is 9.90 Å². The van der Waals surface area contributed by atoms with Crippen LogP contribution in [0.15, 0.2) is 12.3 Å². The molecule has 1 aliphatic rings. The van der Waals surface area contributed by atoms with Crippen LogP contribution in [-0.4, -0.2) is 27.6 Å². The molecular weight excluding hydrogens is 218 g/mol. The van der Waals surface area contributed by atoms with E-state index in [4.69, 9.17) is 5.11 Å². The quantitative estimate of drug-likeness (QED) is 0.818. The van der Waals surface area contributed by atoms with Gasteiger partial charge in [0.15, 0.2) is 5.69 Å². The van der Waals surface area contributed by atoms with Gasteiger partial charge in [-0.15, -0.1) is 0 Å². The maximum Gasteiger partial charge on any atom is 0.354 e. The number of aromatic carboxylic acids is 1. The highest BCUT2D eigenvalue weighted by Crippen LogP contribution is 2.43. The summed E-state index contributed by atoms with van der Waals surface area (Å²) < 4.78 is 0. The van der Waals surface area contributed by atoms with Crippen molar-refractivity contribution in [2.45, 2.75) is 32.6 Å². The molecule has 0 aliphatic heterocycles. The molecule has 0 unspecified atom stereocenters. The number of carboxylic acids is 1. The van der Waals surface area contributed by atoms with E-state index in [0.717, 1.165) is 13.0 Å². The Hall–Kier alpha value is -1.65. The topological polar surface area (TPSA) is 75.1 Å². The summed E-state index contributed by atoms with van der Waals surface area (Å²) in [6.07, 6.45) is 6.35. The zero-order valence-corrected chi connectivity index (χ0v) is 9.94. The zero-order valence-electron chi connectivity index (χ0n) is 9.94. The summed E-state index contributed by atoms with van der Waals surface area (Å²) in [6.45, 7) is 3.02. The van der Waals surface area contributed by atoms with Gasteiger partial charge in [0.05, 0.1) is 0 Å². The Labute approximate surface area is 100 Å². The molecule has 1 aromatic heterocycles. The van der Waals surface area contributed by atoms with Gasteiger partial charge in [-0.3, -0.25) is 0 Å². The van der Waals surface area contributed by atoms with E-state index in [9.17, 15) is 4.79 Å². The Morgan fingerprint density at radius 1 is 1.59 bits per heavy atom. The van der Waals surface area contributed by atoms with Gasteiger partial charge in [0.25, 0.3) is 0 Å². The van der Waals surface area contributed by atoms with Gasteiger partial charge in [0.2, 0.25) is 5.95 Å². The largest absolute Gasteiger partial charge is 0.477 e. The molecule has 0 aromatic carbocycles. The highest BCUT2D eigenvalue weighted by atomic mass is 16.4. The van der Waals surface area contributed by atoms with Crippen LogP contribution in [0.2, 0.25) is 0 Å². The van der Waals surface area contributed by atoms with Crippen molar-refractivity contribution >= 4 is 11.9 Å². The summed E-state index contributed by atoms with van der Waals surface area (Å²) in [7, 11) is 0. The van der Waals surface area contributed by atoms with Gasteiger partial charge < -0.3 is 10.4 Å². The molecule has 1 fully saturated rings. The first kappa shape index (κ1) is 11.8. The summed E-state index contributed by atoms with van der Waals surface area (Å²) in [5.74, 6) is -0.617. The maximum atomic E-state index is 10.8. The smallest absolute Gasteiger partial charge is 0.354 e. The third-order valence-electron chi connectivity index (χ3n) is 3.66. The van der Waals surface area contributed by atoms with Gasteiger partial charge >= 0.3 is 5.97 Å². The third kappa shape index (κ3) is 2.54. The molecule has 0 amide bonds. The lowest BCUT2D eigenvalue weighted by molar-refractivity contribution is 0.0690. The highest BCUT2D eigenvalue weighted by molar-refractivity contribution is 5.85. The fourth-order valence-corrected chi connectivity index (χ4v) is 2.16. The van der Waals surface area contributed by atoms with Crippen molar-refractivity contribution in [1.29, 1.82) is 0 Å². The van der Waals surface area contributed by atoms with E-state index in [0.29, 0.717) is 11.4 Å². The standard InChI is InChI=1S/C12H17N3O2/c1-2-12(5-3-6-12)8-14-11-13-7-4-9(15-11)10(16)17/h4,7H,2-3,5-6,8H2,1H3,(H,16,17)(H,13,14,15). The molecule has 1 heterocycles. The molecule has 0 spiro atoms. The molecule has 5 heteroatoms. The number of hydrogen-bond donors (Lipinski definition) is 2. The normalized spacial score (nSPS) is 17.2. The van der Waals surface area contributed by atoms with E-state index in [-0.39, 0.29) is 5.69 Å². The second-order valence-corrected chi connectivity index (χ2v) is 4.63. The lowest BCUT2D eigenvalue weighted by Crippen LogP contribution is -2.36. The molecule has 1 aliphatic carbocycles. The van der Waals surface area contributed by atoms with Crippen LogP contribution in [-0.2, 0) is 0 Å². The van der Waals surface area contributed by atoms with Crippen LogP contribution < -0.4 is 5.32 Å². The molecule has 2 N–H and O–H groups in total. The van der Waals surface area contributed by atoms with E-state index < -0.39 is 5.97 Å². The van der Waals surface area contributed by atoms with Crippen molar-refractivity contribution in [1.82, 2.24) is 9.97 Å². The van der Waals surface area contributed by atoms with Gasteiger partial charge in [-0.25, -0.2) is 14.8 Å². The second kappa shape index (κ2) is 4.69. The number of carbonyl (C=O) groups is 1. The molecule has 2 rings (SSSR count). The monoisotopic (exact) mass is 235 g/mol. The van der Waals surface area contributed by atoms with Gasteiger partial charge in [-0.05, 0) is 30.7 Å². The first-order valence-corrected chi connectivity index (χ1v) is 5.95. The van der Waals surface area contributed by atoms with Crippen molar-refractivity contribution in [3.05, 3.63) is 18.0 Å². The number of aromatic nitrogens is 2. The van der Waals surface area contributed by atoms with Crippen LogP contribution >= 0.6 is 0 Å². The van der Waals surface area contributed by atoms with Crippen LogP contribution in [0.1, 0.15) is 43.1 Å². The van der Waals surface area contributed by atoms with Crippen molar-refractivity contribution in [3.8, 4) is 0 Å². The van der Waals surface area contributed by atoms with E-state index in [1.165, 1.54) is 31.5 Å². The Morgan fingerprint density at radius 2 is 2.35 bits per heavy atom. The Morgan fingerprint density at radius 3 is 2.88 bits per heavy atom. The van der Waals surface area contributed by atoms with E-state index >= 15 is 0 Å². The minimum atomic E-state index is -1.02. The Kier molecular flexibility index (Phi) is 3.26. The van der Waals surface area contributed by atoms with Crippen molar-refractivity contribution in [2.75, 3.05) is 11.9 Å². The number of nitrogens with one attached hydrogen (secondary N) is 1. The molecule has 1 saturated carbocycles. The maximum absolute atomic E-state index is 10.8. The molecule has 5 nitrogen and oxygen atoms in total. The van der Waals surface area contributed by atoms with Crippen LogP contribution in [0.4, 0.5) is 5.95 Å². The predicted molar refractivity (Wildman–Crippen MR) is 64.1 cm³/mol. The molecular formula is C12H17N3O2. The van der Waals surface area contributed by atoms with Crippen LogP contribution in [0, 0.1) is 5.41 Å². The van der Waals surface area contributed by atoms with E-state index in [1.54, 1.807) is 0 Å². The number of nitrogens with zero attached hydrogens (tertiary/aromatic N) is 2. The van der Waals surface area contributed by atoms with Gasteiger partial charge in [-0.1, -0.05) is 13.3 Å². The molecule has 0 radical (unpaired) electrons. The molecule has 17 heavy (non-hydrogen) atoms. The van der Waals surface area contributed by atoms with Gasteiger partial charge in [0.1, 0.15) is 0 Å². The van der Waals surface area contributed by atoms with Crippen molar-refractivity contribution in [2.24, 2.45) is 5.41 Å². The predicted octanol–water partition coefficient (Wildman–Crippen LogP) is 2.17. The fraction of sp³-hybridized carbons (Fsp3) is 0.583. The van der Waals surface area contributed by atoms with Crippen molar-refractivity contribution in [3.63, 3.8) is 0 Å². The summed E-state index contributed by atoms with van der Waals surface area (Å²) in [6, 6.07) is 1.40. The summed E-state index contributed by atoms with van der Waals surface area (Å²) in [4.78, 5) is 18.7. The number of anilines is 1. The lowest BCUT2D eigenvalue weighted by Gasteiger charge is -2.41. The third-order valence-corrected chi connectivity index (χ3v) is 3.66. The SMILES string of the molecule is CCC1(CNc2nccc(C(=O)O)n2)CCC1. The molecule has 92 valence electrons. The Bertz CT molecular complexity index is 410. The van der Waals surface area contributed by atoms with E-state index in [1.807, 2.05) is 0 Å². The second-order valence-electron chi connectivity index (χ2n) is 4.63. The molecule has 0 bridgehead atoms. The molecule has 0 saturated heterocycles. The van der Waals surface area contributed by atoms with Crippen LogP contribution in [0.5, 0.6) is 0 Å². The summed E-state index contributed by atoms with van der Waals surface area (Å²) in [5, 5.41) is 12.0. The average Bonchev–Trinajstić information content (AvgIpc) is 2.28.